The van der Waals surface area contributed by atoms with Crippen molar-refractivity contribution in [2.24, 2.45) is 34.5 Å². The van der Waals surface area contributed by atoms with Gasteiger partial charge in [0.25, 0.3) is 0 Å². The highest BCUT2D eigenvalue weighted by Crippen LogP contribution is 2.65. The van der Waals surface area contributed by atoms with E-state index in [1.807, 2.05) is 0 Å². The molecule has 0 heterocycles. The fourth-order valence-corrected chi connectivity index (χ4v) is 7.35. The molecule has 24 heavy (non-hydrogen) atoms. The summed E-state index contributed by atoms with van der Waals surface area (Å²) in [6.07, 6.45) is 9.72. The fourth-order valence-electron chi connectivity index (χ4n) is 7.23. The van der Waals surface area contributed by atoms with Crippen molar-refractivity contribution >= 4 is 22.8 Å². The molecule has 0 N–H and O–H groups in total. The van der Waals surface area contributed by atoms with E-state index in [2.05, 4.69) is 13.8 Å². The molecule has 4 fully saturated rings. The first-order valence-corrected chi connectivity index (χ1v) is 10.1. The van der Waals surface area contributed by atoms with Crippen molar-refractivity contribution in [1.82, 2.24) is 0 Å². The predicted molar refractivity (Wildman–Crippen MR) is 92.9 cm³/mol. The van der Waals surface area contributed by atoms with Crippen LogP contribution < -0.4 is 0 Å². The van der Waals surface area contributed by atoms with Crippen LogP contribution in [0.4, 0.5) is 4.79 Å². The van der Waals surface area contributed by atoms with Gasteiger partial charge in [-0.3, -0.25) is 4.79 Å². The molecule has 0 bridgehead atoms. The summed E-state index contributed by atoms with van der Waals surface area (Å²) in [5, 5.41) is 0. The maximum absolute atomic E-state index is 12.5. The molecule has 134 valence electrons. The highest BCUT2D eigenvalue weighted by molar-refractivity contribution is 6.61. The van der Waals surface area contributed by atoms with Crippen LogP contribution in [0, 0.1) is 34.5 Å². The van der Waals surface area contributed by atoms with Gasteiger partial charge in [0.15, 0.2) is 0 Å². The van der Waals surface area contributed by atoms with Crippen molar-refractivity contribution < 1.29 is 14.3 Å². The Morgan fingerprint density at radius 3 is 2.62 bits per heavy atom. The Hall–Kier alpha value is -0.570. The molecule has 0 radical (unpaired) electrons. The third kappa shape index (κ3) is 2.37. The summed E-state index contributed by atoms with van der Waals surface area (Å²) in [6, 6.07) is 0. The SMILES string of the molecule is CC12CCC3C(CCC4CC(OC(=O)Cl)CCC43C)C1CCC2=O. The minimum absolute atomic E-state index is 0.00606. The lowest BCUT2D eigenvalue weighted by Crippen LogP contribution is -2.54. The molecule has 0 aromatic heterocycles. The molecule has 4 aliphatic rings. The Bertz CT molecular complexity index is 561. The summed E-state index contributed by atoms with van der Waals surface area (Å²) < 4.78 is 5.30. The van der Waals surface area contributed by atoms with E-state index in [-0.39, 0.29) is 11.5 Å². The predicted octanol–water partition coefficient (Wildman–Crippen LogP) is 5.34. The summed E-state index contributed by atoms with van der Waals surface area (Å²) >= 11 is 5.43. The van der Waals surface area contributed by atoms with E-state index >= 15 is 0 Å². The van der Waals surface area contributed by atoms with Gasteiger partial charge in [0, 0.05) is 23.4 Å². The second kappa shape index (κ2) is 5.72. The van der Waals surface area contributed by atoms with Gasteiger partial charge < -0.3 is 4.74 Å². The van der Waals surface area contributed by atoms with E-state index in [0.29, 0.717) is 23.0 Å². The van der Waals surface area contributed by atoms with E-state index < -0.39 is 5.43 Å². The van der Waals surface area contributed by atoms with Crippen LogP contribution in [-0.4, -0.2) is 17.3 Å². The molecule has 7 unspecified atom stereocenters. The number of rotatable bonds is 1. The monoisotopic (exact) mass is 352 g/mol. The highest BCUT2D eigenvalue weighted by Gasteiger charge is 2.60. The number of hydrogen-bond donors (Lipinski definition) is 0. The molecule has 4 rings (SSSR count). The highest BCUT2D eigenvalue weighted by atomic mass is 35.5. The Balaban J connectivity index is 1.54. The van der Waals surface area contributed by atoms with Gasteiger partial charge >= 0.3 is 5.43 Å². The van der Waals surface area contributed by atoms with Crippen molar-refractivity contribution in [2.45, 2.75) is 77.7 Å². The topological polar surface area (TPSA) is 43.4 Å². The summed E-state index contributed by atoms with van der Waals surface area (Å²) in [5.41, 5.74) is -0.337. The van der Waals surface area contributed by atoms with Gasteiger partial charge in [-0.05, 0) is 80.5 Å². The van der Waals surface area contributed by atoms with Crippen LogP contribution in [0.2, 0.25) is 0 Å². The van der Waals surface area contributed by atoms with Crippen molar-refractivity contribution in [3.63, 3.8) is 0 Å². The largest absolute Gasteiger partial charge is 0.450 e. The van der Waals surface area contributed by atoms with Crippen LogP contribution in [0.15, 0.2) is 0 Å². The Morgan fingerprint density at radius 2 is 1.88 bits per heavy atom. The third-order valence-electron chi connectivity index (χ3n) is 8.59. The molecular formula is C20H29ClO3. The van der Waals surface area contributed by atoms with Gasteiger partial charge in [-0.2, -0.15) is 0 Å². The number of ether oxygens (including phenoxy) is 1. The maximum Gasteiger partial charge on any atom is 0.404 e. The van der Waals surface area contributed by atoms with Gasteiger partial charge in [-0.25, -0.2) is 4.79 Å². The van der Waals surface area contributed by atoms with Gasteiger partial charge in [0.05, 0.1) is 0 Å². The minimum Gasteiger partial charge on any atom is -0.450 e. The Labute approximate surface area is 149 Å². The van der Waals surface area contributed by atoms with Gasteiger partial charge in [-0.1, -0.05) is 13.8 Å². The van der Waals surface area contributed by atoms with Crippen molar-refractivity contribution in [1.29, 1.82) is 0 Å². The van der Waals surface area contributed by atoms with Gasteiger partial charge in [0.1, 0.15) is 11.9 Å². The van der Waals surface area contributed by atoms with Gasteiger partial charge in [-0.15, -0.1) is 0 Å². The van der Waals surface area contributed by atoms with E-state index in [1.165, 1.54) is 19.3 Å². The van der Waals surface area contributed by atoms with Crippen molar-refractivity contribution in [3.8, 4) is 0 Å². The first kappa shape index (κ1) is 16.9. The van der Waals surface area contributed by atoms with E-state index in [0.717, 1.165) is 50.4 Å². The summed E-state index contributed by atoms with van der Waals surface area (Å²) in [7, 11) is 0. The molecule has 4 aliphatic carbocycles. The zero-order valence-corrected chi connectivity index (χ0v) is 15.6. The lowest BCUT2D eigenvalue weighted by molar-refractivity contribution is -0.142. The normalized spacial score (nSPS) is 50.6. The van der Waals surface area contributed by atoms with E-state index in [1.54, 1.807) is 0 Å². The second-order valence-corrected chi connectivity index (χ2v) is 9.64. The molecule has 0 aliphatic heterocycles. The van der Waals surface area contributed by atoms with Crippen LogP contribution in [0.3, 0.4) is 0 Å². The number of ketones is 1. The van der Waals surface area contributed by atoms with E-state index in [9.17, 15) is 9.59 Å². The minimum atomic E-state index is -0.657. The molecule has 3 nitrogen and oxygen atoms in total. The average Bonchev–Trinajstić information content (AvgIpc) is 2.83. The Kier molecular flexibility index (Phi) is 4.02. The zero-order chi connectivity index (χ0) is 17.1. The standard InChI is InChI=1S/C20H29ClO3/c1-19-9-7-13(24-18(21)23)11-12(19)3-4-14-15-5-6-17(22)20(15,2)10-8-16(14)19/h12-16H,3-11H2,1-2H3. The van der Waals surface area contributed by atoms with Crippen LogP contribution in [-0.2, 0) is 9.53 Å². The molecule has 4 heteroatoms. The number of carbonyl (C=O) groups is 2. The van der Waals surface area contributed by atoms with Crippen LogP contribution >= 0.6 is 11.6 Å². The van der Waals surface area contributed by atoms with Crippen molar-refractivity contribution in [2.75, 3.05) is 0 Å². The number of carbonyl (C=O) groups excluding carboxylic acids is 2. The van der Waals surface area contributed by atoms with E-state index in [4.69, 9.17) is 16.3 Å². The van der Waals surface area contributed by atoms with Crippen molar-refractivity contribution in [3.05, 3.63) is 0 Å². The quantitative estimate of drug-likeness (QED) is 0.598. The zero-order valence-electron chi connectivity index (χ0n) is 14.9. The first-order chi connectivity index (χ1) is 11.3. The van der Waals surface area contributed by atoms with Gasteiger partial charge in [0.2, 0.25) is 0 Å². The van der Waals surface area contributed by atoms with Crippen LogP contribution in [0.25, 0.3) is 0 Å². The lowest BCUT2D eigenvalue weighted by Gasteiger charge is -2.60. The number of fused-ring (bicyclic) bond motifs is 5. The average molecular weight is 353 g/mol. The lowest BCUT2D eigenvalue weighted by atomic mass is 9.45. The Morgan fingerprint density at radius 1 is 1.08 bits per heavy atom. The molecule has 7 atom stereocenters. The summed E-state index contributed by atoms with van der Waals surface area (Å²) in [4.78, 5) is 23.5. The van der Waals surface area contributed by atoms with Crippen LogP contribution in [0.5, 0.6) is 0 Å². The van der Waals surface area contributed by atoms with Crippen LogP contribution in [0.1, 0.15) is 71.6 Å². The number of Topliss-reactive ketones (excluding diaryl/α,β-unsaturated/α-hetero) is 1. The molecular weight excluding hydrogens is 324 g/mol. The molecule has 0 aromatic rings. The fraction of sp³-hybridized carbons (Fsp3) is 0.900. The molecule has 4 saturated carbocycles. The molecule has 0 saturated heterocycles. The first-order valence-electron chi connectivity index (χ1n) is 9.74. The summed E-state index contributed by atoms with van der Waals surface area (Å²) in [5.74, 6) is 3.24. The number of halogens is 1. The maximum atomic E-state index is 12.5. The molecule has 0 aromatic carbocycles. The second-order valence-electron chi connectivity index (χ2n) is 9.33. The molecule has 0 amide bonds. The third-order valence-corrected chi connectivity index (χ3v) is 8.68. The smallest absolute Gasteiger partial charge is 0.404 e. The number of hydrogen-bond acceptors (Lipinski definition) is 3. The molecule has 0 spiro atoms. The summed E-state index contributed by atoms with van der Waals surface area (Å²) in [6.45, 7) is 4.72.